The first-order chi connectivity index (χ1) is 10.6. The number of carbonyl (C=O) groups is 1. The Morgan fingerprint density at radius 1 is 1.23 bits per heavy atom. The summed E-state index contributed by atoms with van der Waals surface area (Å²) < 4.78 is 10.6. The molecule has 0 atom stereocenters. The topological polar surface area (TPSA) is 38.8 Å². The van der Waals surface area contributed by atoms with Crippen molar-refractivity contribution in [3.63, 3.8) is 0 Å². The molecule has 0 fully saturated rings. The molecule has 0 bridgehead atoms. The predicted molar refractivity (Wildman–Crippen MR) is 86.5 cm³/mol. The molecule has 112 valence electrons. The van der Waals surface area contributed by atoms with Gasteiger partial charge in [-0.1, -0.05) is 29.8 Å². The third-order valence-corrected chi connectivity index (χ3v) is 3.62. The van der Waals surface area contributed by atoms with E-state index in [4.69, 9.17) is 21.1 Å². The summed E-state index contributed by atoms with van der Waals surface area (Å²) in [7, 11) is 1.73. The van der Waals surface area contributed by atoms with Gasteiger partial charge in [-0.15, -0.1) is 0 Å². The number of fused-ring (bicyclic) bond motifs is 1. The highest BCUT2D eigenvalue weighted by atomic mass is 35.5. The molecule has 1 heterocycles. The van der Waals surface area contributed by atoms with E-state index in [1.807, 2.05) is 30.3 Å². The van der Waals surface area contributed by atoms with Crippen LogP contribution >= 0.6 is 11.6 Å². The summed E-state index contributed by atoms with van der Waals surface area (Å²) in [5, 5.41) is 0.471. The highest BCUT2D eigenvalue weighted by Gasteiger charge is 2.17. The quantitative estimate of drug-likeness (QED) is 0.810. The van der Waals surface area contributed by atoms with Gasteiger partial charge in [-0.2, -0.15) is 0 Å². The molecule has 5 heteroatoms. The normalized spacial score (nSPS) is 12.6. The zero-order valence-corrected chi connectivity index (χ0v) is 12.7. The zero-order chi connectivity index (χ0) is 15.5. The molecule has 1 aliphatic heterocycles. The molecule has 1 aliphatic rings. The van der Waals surface area contributed by atoms with Gasteiger partial charge in [0.2, 0.25) is 6.79 Å². The number of rotatable bonds is 3. The molecule has 2 aromatic carbocycles. The second kappa shape index (κ2) is 6.12. The van der Waals surface area contributed by atoms with E-state index in [1.165, 1.54) is 6.08 Å². The van der Waals surface area contributed by atoms with Gasteiger partial charge < -0.3 is 14.4 Å². The largest absolute Gasteiger partial charge is 0.454 e. The average Bonchev–Trinajstić information content (AvgIpc) is 3.02. The summed E-state index contributed by atoms with van der Waals surface area (Å²) in [4.78, 5) is 13.8. The molecule has 0 saturated heterocycles. The maximum absolute atomic E-state index is 12.2. The van der Waals surface area contributed by atoms with Crippen molar-refractivity contribution in [3.8, 4) is 11.5 Å². The minimum absolute atomic E-state index is 0.125. The van der Waals surface area contributed by atoms with Crippen LogP contribution in [0.3, 0.4) is 0 Å². The van der Waals surface area contributed by atoms with E-state index >= 15 is 0 Å². The lowest BCUT2D eigenvalue weighted by atomic mass is 10.2. The molecule has 0 unspecified atom stereocenters. The maximum Gasteiger partial charge on any atom is 0.250 e. The summed E-state index contributed by atoms with van der Waals surface area (Å²) >= 11 is 6.11. The molecule has 0 spiro atoms. The number of ether oxygens (including phenoxy) is 2. The third-order valence-electron chi connectivity index (χ3n) is 3.34. The second-order valence-electron chi connectivity index (χ2n) is 4.80. The van der Waals surface area contributed by atoms with Crippen molar-refractivity contribution in [3.05, 3.63) is 59.1 Å². The van der Waals surface area contributed by atoms with Gasteiger partial charge in [-0.3, -0.25) is 4.79 Å². The van der Waals surface area contributed by atoms with Crippen molar-refractivity contribution < 1.29 is 14.3 Å². The zero-order valence-electron chi connectivity index (χ0n) is 12.0. The van der Waals surface area contributed by atoms with Crippen LogP contribution < -0.4 is 14.4 Å². The predicted octanol–water partition coefficient (Wildman–Crippen LogP) is 3.74. The first-order valence-electron chi connectivity index (χ1n) is 6.75. The number of halogens is 1. The van der Waals surface area contributed by atoms with Crippen LogP contribution in [0.5, 0.6) is 11.5 Å². The van der Waals surface area contributed by atoms with Gasteiger partial charge in [0, 0.05) is 18.8 Å². The number of hydrogen-bond acceptors (Lipinski definition) is 3. The van der Waals surface area contributed by atoms with E-state index in [9.17, 15) is 4.79 Å². The van der Waals surface area contributed by atoms with E-state index in [2.05, 4.69) is 0 Å². The van der Waals surface area contributed by atoms with Crippen molar-refractivity contribution in [2.75, 3.05) is 18.7 Å². The van der Waals surface area contributed by atoms with Crippen LogP contribution in [-0.4, -0.2) is 19.7 Å². The Morgan fingerprint density at radius 3 is 2.77 bits per heavy atom. The van der Waals surface area contributed by atoms with E-state index in [0.717, 1.165) is 11.3 Å². The maximum atomic E-state index is 12.2. The standard InChI is InChI=1S/C17H14ClNO3/c1-19(13-5-3-2-4-6-13)16(20)8-7-12-9-14(18)17-15(10-12)21-11-22-17/h2-10H,11H2,1H3/b8-7+. The lowest BCUT2D eigenvalue weighted by Crippen LogP contribution is -2.23. The minimum atomic E-state index is -0.125. The van der Waals surface area contributed by atoms with Crippen molar-refractivity contribution in [2.45, 2.75) is 0 Å². The van der Waals surface area contributed by atoms with E-state index in [1.54, 1.807) is 30.2 Å². The molecule has 0 N–H and O–H groups in total. The number of para-hydroxylation sites is 1. The Balaban J connectivity index is 1.77. The van der Waals surface area contributed by atoms with Gasteiger partial charge >= 0.3 is 0 Å². The monoisotopic (exact) mass is 315 g/mol. The second-order valence-corrected chi connectivity index (χ2v) is 5.21. The fourth-order valence-electron chi connectivity index (χ4n) is 2.14. The van der Waals surface area contributed by atoms with Crippen molar-refractivity contribution >= 4 is 29.3 Å². The molecule has 0 radical (unpaired) electrons. The molecule has 3 rings (SSSR count). The minimum Gasteiger partial charge on any atom is -0.454 e. The van der Waals surface area contributed by atoms with Crippen molar-refractivity contribution in [2.24, 2.45) is 0 Å². The summed E-state index contributed by atoms with van der Waals surface area (Å²) in [6, 6.07) is 13.0. The highest BCUT2D eigenvalue weighted by molar-refractivity contribution is 6.32. The first kappa shape index (κ1) is 14.5. The Labute approximate surface area is 133 Å². The molecule has 0 saturated carbocycles. The number of carbonyl (C=O) groups excluding carboxylic acids is 1. The van der Waals surface area contributed by atoms with Gasteiger partial charge in [0.25, 0.3) is 5.91 Å². The molecule has 4 nitrogen and oxygen atoms in total. The van der Waals surface area contributed by atoms with Crippen LogP contribution in [0.25, 0.3) is 6.08 Å². The third kappa shape index (κ3) is 2.92. The number of amides is 1. The van der Waals surface area contributed by atoms with Crippen LogP contribution in [-0.2, 0) is 4.79 Å². The van der Waals surface area contributed by atoms with Crippen molar-refractivity contribution in [1.82, 2.24) is 0 Å². The lowest BCUT2D eigenvalue weighted by molar-refractivity contribution is -0.113. The van der Waals surface area contributed by atoms with E-state index in [0.29, 0.717) is 16.5 Å². The first-order valence-corrected chi connectivity index (χ1v) is 7.13. The molecule has 0 aromatic heterocycles. The number of nitrogens with zero attached hydrogens (tertiary/aromatic N) is 1. The van der Waals surface area contributed by atoms with Crippen LogP contribution in [0.2, 0.25) is 5.02 Å². The van der Waals surface area contributed by atoms with Gasteiger partial charge in [-0.05, 0) is 35.9 Å². The van der Waals surface area contributed by atoms with Gasteiger partial charge in [-0.25, -0.2) is 0 Å². The Hall–Kier alpha value is -2.46. The number of likely N-dealkylation sites (N-methyl/N-ethyl adjacent to an activating group) is 1. The number of benzene rings is 2. The molecular formula is C17H14ClNO3. The van der Waals surface area contributed by atoms with Gasteiger partial charge in [0.05, 0.1) is 5.02 Å². The van der Waals surface area contributed by atoms with E-state index < -0.39 is 0 Å². The molecular weight excluding hydrogens is 302 g/mol. The summed E-state index contributed by atoms with van der Waals surface area (Å²) in [5.41, 5.74) is 1.62. The summed E-state index contributed by atoms with van der Waals surface area (Å²) in [6.07, 6.45) is 3.20. The number of anilines is 1. The smallest absolute Gasteiger partial charge is 0.250 e. The molecule has 2 aromatic rings. The van der Waals surface area contributed by atoms with Crippen LogP contribution in [0.4, 0.5) is 5.69 Å². The fourth-order valence-corrected chi connectivity index (χ4v) is 2.42. The SMILES string of the molecule is CN(C(=O)/C=C/c1cc(Cl)c2c(c1)OCO2)c1ccccc1. The lowest BCUT2D eigenvalue weighted by Gasteiger charge is -2.14. The summed E-state index contributed by atoms with van der Waals surface area (Å²) in [5.74, 6) is 1.02. The van der Waals surface area contributed by atoms with Gasteiger partial charge in [0.1, 0.15) is 0 Å². The Bertz CT molecular complexity index is 728. The fraction of sp³-hybridized carbons (Fsp3) is 0.118. The Kier molecular flexibility index (Phi) is 4.02. The van der Waals surface area contributed by atoms with Crippen LogP contribution in [0.1, 0.15) is 5.56 Å². The highest BCUT2D eigenvalue weighted by Crippen LogP contribution is 2.40. The molecule has 22 heavy (non-hydrogen) atoms. The Morgan fingerprint density at radius 2 is 2.00 bits per heavy atom. The number of hydrogen-bond donors (Lipinski definition) is 0. The van der Waals surface area contributed by atoms with Crippen LogP contribution in [0, 0.1) is 0 Å². The van der Waals surface area contributed by atoms with E-state index in [-0.39, 0.29) is 12.7 Å². The van der Waals surface area contributed by atoms with Crippen LogP contribution in [0.15, 0.2) is 48.5 Å². The molecule has 0 aliphatic carbocycles. The summed E-state index contributed by atoms with van der Waals surface area (Å²) in [6.45, 7) is 0.165. The van der Waals surface area contributed by atoms with Crippen molar-refractivity contribution in [1.29, 1.82) is 0 Å². The molecule has 1 amide bonds. The van der Waals surface area contributed by atoms with Gasteiger partial charge in [0.15, 0.2) is 11.5 Å². The average molecular weight is 316 g/mol.